The zero-order chi connectivity index (χ0) is 17.6. The van der Waals surface area contributed by atoms with Crippen molar-refractivity contribution in [1.29, 1.82) is 0 Å². The van der Waals surface area contributed by atoms with E-state index in [4.69, 9.17) is 4.74 Å². The first-order chi connectivity index (χ1) is 10.8. The standard InChI is InChI=1S/C13H11F5O5/c1-6(19)22-5-4-21-3-2-7(20)23-13-11(17)9(15)8(14)10(16)12(13)18/h2-5H2,1H3. The third-order valence-electron chi connectivity index (χ3n) is 2.37. The van der Waals surface area contributed by atoms with E-state index in [9.17, 15) is 31.5 Å². The van der Waals surface area contributed by atoms with E-state index in [1.807, 2.05) is 0 Å². The van der Waals surface area contributed by atoms with Crippen LogP contribution in [0.25, 0.3) is 0 Å². The van der Waals surface area contributed by atoms with Crippen molar-refractivity contribution in [1.82, 2.24) is 0 Å². The van der Waals surface area contributed by atoms with E-state index in [0.29, 0.717) is 0 Å². The minimum atomic E-state index is -2.35. The summed E-state index contributed by atoms with van der Waals surface area (Å²) >= 11 is 0. The van der Waals surface area contributed by atoms with Crippen LogP contribution in [0.2, 0.25) is 0 Å². The summed E-state index contributed by atoms with van der Waals surface area (Å²) in [7, 11) is 0. The van der Waals surface area contributed by atoms with Gasteiger partial charge in [0.25, 0.3) is 0 Å². The lowest BCUT2D eigenvalue weighted by molar-refractivity contribution is -0.143. The first-order valence-electron chi connectivity index (χ1n) is 6.19. The number of rotatable bonds is 7. The second-order valence-electron chi connectivity index (χ2n) is 4.08. The highest BCUT2D eigenvalue weighted by Gasteiger charge is 2.28. The molecule has 0 aliphatic heterocycles. The minimum Gasteiger partial charge on any atom is -0.463 e. The Kier molecular flexibility index (Phi) is 6.89. The lowest BCUT2D eigenvalue weighted by atomic mass is 10.2. The van der Waals surface area contributed by atoms with Gasteiger partial charge in [-0.2, -0.15) is 8.78 Å². The quantitative estimate of drug-likeness (QED) is 0.190. The number of benzene rings is 1. The van der Waals surface area contributed by atoms with E-state index in [1.54, 1.807) is 0 Å². The fraction of sp³-hybridized carbons (Fsp3) is 0.385. The Hall–Kier alpha value is -2.23. The number of halogens is 5. The molecular weight excluding hydrogens is 331 g/mol. The molecule has 1 aromatic carbocycles. The molecule has 0 aliphatic rings. The van der Waals surface area contributed by atoms with Crippen molar-refractivity contribution in [2.24, 2.45) is 0 Å². The third-order valence-corrected chi connectivity index (χ3v) is 2.37. The molecule has 0 heterocycles. The maximum atomic E-state index is 13.2. The summed E-state index contributed by atoms with van der Waals surface area (Å²) in [5, 5.41) is 0. The molecule has 0 aliphatic carbocycles. The lowest BCUT2D eigenvalue weighted by Gasteiger charge is -2.09. The molecule has 0 unspecified atom stereocenters. The van der Waals surface area contributed by atoms with Crippen LogP contribution in [0.5, 0.6) is 5.75 Å². The van der Waals surface area contributed by atoms with Crippen LogP contribution >= 0.6 is 0 Å². The molecule has 0 spiro atoms. The van der Waals surface area contributed by atoms with Gasteiger partial charge in [0, 0.05) is 6.92 Å². The molecule has 128 valence electrons. The highest BCUT2D eigenvalue weighted by Crippen LogP contribution is 2.29. The van der Waals surface area contributed by atoms with Crippen molar-refractivity contribution in [3.63, 3.8) is 0 Å². The number of carbonyl (C=O) groups is 2. The van der Waals surface area contributed by atoms with Crippen molar-refractivity contribution in [2.75, 3.05) is 19.8 Å². The van der Waals surface area contributed by atoms with Gasteiger partial charge in [-0.05, 0) is 0 Å². The van der Waals surface area contributed by atoms with Crippen molar-refractivity contribution >= 4 is 11.9 Å². The molecule has 0 saturated heterocycles. The summed E-state index contributed by atoms with van der Waals surface area (Å²) in [6, 6.07) is 0. The van der Waals surface area contributed by atoms with Crippen molar-refractivity contribution in [3.05, 3.63) is 29.1 Å². The van der Waals surface area contributed by atoms with Crippen LogP contribution in [-0.2, 0) is 19.1 Å². The fourth-order valence-electron chi connectivity index (χ4n) is 1.34. The van der Waals surface area contributed by atoms with E-state index in [0.717, 1.165) is 0 Å². The number of esters is 2. The zero-order valence-corrected chi connectivity index (χ0v) is 11.8. The monoisotopic (exact) mass is 342 g/mol. The first kappa shape index (κ1) is 18.8. The van der Waals surface area contributed by atoms with Crippen LogP contribution in [0.4, 0.5) is 22.0 Å². The van der Waals surface area contributed by atoms with Crippen LogP contribution in [-0.4, -0.2) is 31.8 Å². The summed E-state index contributed by atoms with van der Waals surface area (Å²) in [6.07, 6.45) is -0.514. The number of carbonyl (C=O) groups excluding carboxylic acids is 2. The normalized spacial score (nSPS) is 10.5. The molecule has 0 radical (unpaired) electrons. The summed E-state index contributed by atoms with van der Waals surface area (Å²) in [6.45, 7) is 0.800. The predicted octanol–water partition coefficient (Wildman–Crippen LogP) is 2.26. The molecular formula is C13H11F5O5. The minimum absolute atomic E-state index is 0.0462. The van der Waals surface area contributed by atoms with Gasteiger partial charge in [0.05, 0.1) is 19.6 Å². The van der Waals surface area contributed by atoms with Crippen molar-refractivity contribution < 1.29 is 45.8 Å². The van der Waals surface area contributed by atoms with Gasteiger partial charge in [-0.3, -0.25) is 9.59 Å². The maximum absolute atomic E-state index is 13.2. The zero-order valence-electron chi connectivity index (χ0n) is 11.8. The lowest BCUT2D eigenvalue weighted by Crippen LogP contribution is -2.16. The average Bonchev–Trinajstić information content (AvgIpc) is 2.50. The van der Waals surface area contributed by atoms with E-state index < -0.39 is 53.2 Å². The first-order valence-corrected chi connectivity index (χ1v) is 6.19. The van der Waals surface area contributed by atoms with Gasteiger partial charge in [0.15, 0.2) is 0 Å². The van der Waals surface area contributed by atoms with Gasteiger partial charge >= 0.3 is 11.9 Å². The Bertz CT molecular complexity index is 576. The van der Waals surface area contributed by atoms with Crippen LogP contribution in [0.3, 0.4) is 0 Å². The molecule has 1 aromatic rings. The molecule has 10 heteroatoms. The molecule has 5 nitrogen and oxygen atoms in total. The Balaban J connectivity index is 2.54. The highest BCUT2D eigenvalue weighted by atomic mass is 19.2. The maximum Gasteiger partial charge on any atom is 0.313 e. The van der Waals surface area contributed by atoms with E-state index in [2.05, 4.69) is 9.47 Å². The fourth-order valence-corrected chi connectivity index (χ4v) is 1.34. The molecule has 0 N–H and O–H groups in total. The Labute approximate surface area is 126 Å². The Morgan fingerprint density at radius 3 is 1.87 bits per heavy atom. The van der Waals surface area contributed by atoms with E-state index in [-0.39, 0.29) is 19.8 Å². The van der Waals surface area contributed by atoms with Crippen LogP contribution < -0.4 is 4.74 Å². The summed E-state index contributed by atoms with van der Waals surface area (Å²) in [5.41, 5.74) is 0. The van der Waals surface area contributed by atoms with Crippen molar-refractivity contribution in [2.45, 2.75) is 13.3 Å². The third kappa shape index (κ3) is 5.16. The predicted molar refractivity (Wildman–Crippen MR) is 63.9 cm³/mol. The topological polar surface area (TPSA) is 61.8 Å². The number of hydrogen-bond donors (Lipinski definition) is 0. The summed E-state index contributed by atoms with van der Waals surface area (Å²) in [4.78, 5) is 21.7. The number of hydrogen-bond acceptors (Lipinski definition) is 5. The smallest absolute Gasteiger partial charge is 0.313 e. The van der Waals surface area contributed by atoms with E-state index in [1.165, 1.54) is 6.92 Å². The second-order valence-corrected chi connectivity index (χ2v) is 4.08. The highest BCUT2D eigenvalue weighted by molar-refractivity contribution is 5.72. The largest absolute Gasteiger partial charge is 0.463 e. The van der Waals surface area contributed by atoms with Gasteiger partial charge in [-0.1, -0.05) is 0 Å². The van der Waals surface area contributed by atoms with Crippen molar-refractivity contribution in [3.8, 4) is 5.75 Å². The molecule has 1 rings (SSSR count). The van der Waals surface area contributed by atoms with Crippen LogP contribution in [0, 0.1) is 29.1 Å². The van der Waals surface area contributed by atoms with Gasteiger partial charge in [-0.25, -0.2) is 13.2 Å². The molecule has 0 bridgehead atoms. The van der Waals surface area contributed by atoms with Gasteiger partial charge in [0.1, 0.15) is 6.61 Å². The molecule has 0 fully saturated rings. The molecule has 0 saturated carbocycles. The molecule has 0 aromatic heterocycles. The summed E-state index contributed by atoms with van der Waals surface area (Å²) in [5.74, 6) is -14.7. The second kappa shape index (κ2) is 8.42. The Morgan fingerprint density at radius 2 is 1.35 bits per heavy atom. The SMILES string of the molecule is CC(=O)OCCOCCC(=O)Oc1c(F)c(F)c(F)c(F)c1F. The van der Waals surface area contributed by atoms with Gasteiger partial charge in [-0.15, -0.1) is 0 Å². The summed E-state index contributed by atoms with van der Waals surface area (Å²) < 4.78 is 78.6. The van der Waals surface area contributed by atoms with E-state index >= 15 is 0 Å². The number of ether oxygens (including phenoxy) is 3. The van der Waals surface area contributed by atoms with Crippen LogP contribution in [0.15, 0.2) is 0 Å². The van der Waals surface area contributed by atoms with Crippen LogP contribution in [0.1, 0.15) is 13.3 Å². The molecule has 0 atom stereocenters. The van der Waals surface area contributed by atoms with Gasteiger partial charge < -0.3 is 14.2 Å². The molecule has 23 heavy (non-hydrogen) atoms. The Morgan fingerprint density at radius 1 is 0.826 bits per heavy atom. The molecule has 0 amide bonds. The van der Waals surface area contributed by atoms with Gasteiger partial charge in [0.2, 0.25) is 34.8 Å². The average molecular weight is 342 g/mol.